The fourth-order valence-electron chi connectivity index (χ4n) is 3.24. The molecule has 1 saturated heterocycles. The summed E-state index contributed by atoms with van der Waals surface area (Å²) in [7, 11) is 0. The fraction of sp³-hybridized carbons (Fsp3) is 0.368. The minimum absolute atomic E-state index is 0.0341. The van der Waals surface area contributed by atoms with Gasteiger partial charge in [-0.15, -0.1) is 13.0 Å². The third-order valence-corrected chi connectivity index (χ3v) is 4.46. The first-order chi connectivity index (χ1) is 11.7. The smallest absolute Gasteiger partial charge is 0.223 e. The van der Waals surface area contributed by atoms with Gasteiger partial charge in [0.15, 0.2) is 0 Å². The number of allylic oxidation sites excluding steroid dienone is 1. The van der Waals surface area contributed by atoms with Crippen LogP contribution < -0.4 is 10.2 Å². The van der Waals surface area contributed by atoms with Crippen LogP contribution in [0.5, 0.6) is 0 Å². The number of benzene rings is 1. The number of terminal acetylenes is 1. The molecule has 1 aromatic carbocycles. The van der Waals surface area contributed by atoms with E-state index in [-0.39, 0.29) is 11.8 Å². The van der Waals surface area contributed by atoms with E-state index in [1.807, 2.05) is 24.3 Å². The minimum Gasteiger partial charge on any atom is -0.345 e. The van der Waals surface area contributed by atoms with Crippen LogP contribution in [-0.4, -0.2) is 35.1 Å². The minimum atomic E-state index is 0.0341. The molecule has 2 heterocycles. The van der Waals surface area contributed by atoms with Crippen LogP contribution in [-0.2, 0) is 11.3 Å². The van der Waals surface area contributed by atoms with Gasteiger partial charge in [0.2, 0.25) is 11.9 Å². The Morgan fingerprint density at radius 2 is 2.17 bits per heavy atom. The number of nitrogens with one attached hydrogen (secondary N) is 1. The second-order valence-electron chi connectivity index (χ2n) is 5.98. The first kappa shape index (κ1) is 16.1. The summed E-state index contributed by atoms with van der Waals surface area (Å²) < 4.78 is 2.18. The number of carbonyl (C=O) groups is 1. The number of carbonyl (C=O) groups excluding carboxylic acids is 1. The lowest BCUT2D eigenvalue weighted by Gasteiger charge is -2.32. The number of para-hydroxylation sites is 2. The normalized spacial score (nSPS) is 15.2. The van der Waals surface area contributed by atoms with E-state index in [4.69, 9.17) is 11.4 Å². The van der Waals surface area contributed by atoms with Crippen molar-refractivity contribution in [2.24, 2.45) is 5.92 Å². The SMILES string of the molecule is C#CCNC(=O)C1CCN(c2nc3ccccc3n2CC=C)CC1. The highest BCUT2D eigenvalue weighted by molar-refractivity contribution is 5.80. The highest BCUT2D eigenvalue weighted by atomic mass is 16.1. The monoisotopic (exact) mass is 322 g/mol. The van der Waals surface area contributed by atoms with E-state index in [1.165, 1.54) is 0 Å². The van der Waals surface area contributed by atoms with Gasteiger partial charge in [0.25, 0.3) is 0 Å². The molecular weight excluding hydrogens is 300 g/mol. The van der Waals surface area contributed by atoms with E-state index in [0.717, 1.165) is 49.5 Å². The number of imidazole rings is 1. The van der Waals surface area contributed by atoms with Gasteiger partial charge < -0.3 is 14.8 Å². The second kappa shape index (κ2) is 7.22. The van der Waals surface area contributed by atoms with Crippen LogP contribution >= 0.6 is 0 Å². The van der Waals surface area contributed by atoms with Crippen molar-refractivity contribution in [2.75, 3.05) is 24.5 Å². The van der Waals surface area contributed by atoms with Crippen molar-refractivity contribution in [3.05, 3.63) is 36.9 Å². The van der Waals surface area contributed by atoms with Gasteiger partial charge >= 0.3 is 0 Å². The van der Waals surface area contributed by atoms with Crippen molar-refractivity contribution in [1.29, 1.82) is 0 Å². The molecule has 2 aromatic rings. The lowest BCUT2D eigenvalue weighted by Crippen LogP contribution is -2.41. The molecule has 5 nitrogen and oxygen atoms in total. The first-order valence-corrected chi connectivity index (χ1v) is 8.27. The number of amides is 1. The van der Waals surface area contributed by atoms with Gasteiger partial charge in [0.1, 0.15) is 0 Å². The lowest BCUT2D eigenvalue weighted by atomic mass is 9.96. The van der Waals surface area contributed by atoms with Gasteiger partial charge in [0, 0.05) is 25.6 Å². The summed E-state index contributed by atoms with van der Waals surface area (Å²) in [5, 5.41) is 2.78. The molecule has 1 aliphatic rings. The maximum atomic E-state index is 12.1. The van der Waals surface area contributed by atoms with Gasteiger partial charge in [-0.3, -0.25) is 4.79 Å². The highest BCUT2D eigenvalue weighted by Crippen LogP contribution is 2.27. The molecular formula is C19H22N4O. The Morgan fingerprint density at radius 3 is 2.88 bits per heavy atom. The van der Waals surface area contributed by atoms with Crippen LogP contribution in [0.15, 0.2) is 36.9 Å². The van der Waals surface area contributed by atoms with Crippen LogP contribution in [0.1, 0.15) is 12.8 Å². The van der Waals surface area contributed by atoms with Gasteiger partial charge in [-0.05, 0) is 25.0 Å². The summed E-state index contributed by atoms with van der Waals surface area (Å²) in [6.07, 6.45) is 8.71. The molecule has 0 bridgehead atoms. The van der Waals surface area contributed by atoms with Gasteiger partial charge in [-0.1, -0.05) is 24.1 Å². The third-order valence-electron chi connectivity index (χ3n) is 4.46. The lowest BCUT2D eigenvalue weighted by molar-refractivity contribution is -0.125. The molecule has 0 radical (unpaired) electrons. The van der Waals surface area contributed by atoms with Crippen molar-refractivity contribution in [2.45, 2.75) is 19.4 Å². The van der Waals surface area contributed by atoms with Gasteiger partial charge in [-0.2, -0.15) is 0 Å². The Hall–Kier alpha value is -2.74. The quantitative estimate of drug-likeness (QED) is 0.678. The summed E-state index contributed by atoms with van der Waals surface area (Å²) in [6.45, 7) is 6.50. The average molecular weight is 322 g/mol. The zero-order valence-corrected chi connectivity index (χ0v) is 13.7. The van der Waals surface area contributed by atoms with Crippen LogP contribution in [0, 0.1) is 18.3 Å². The number of nitrogens with zero attached hydrogens (tertiary/aromatic N) is 3. The molecule has 1 amide bonds. The molecule has 5 heteroatoms. The largest absolute Gasteiger partial charge is 0.345 e. The summed E-state index contributed by atoms with van der Waals surface area (Å²) in [6, 6.07) is 8.13. The number of aromatic nitrogens is 2. The maximum absolute atomic E-state index is 12.1. The number of hydrogen-bond acceptors (Lipinski definition) is 3. The zero-order chi connectivity index (χ0) is 16.9. The molecule has 0 spiro atoms. The van der Waals surface area contributed by atoms with Crippen molar-refractivity contribution in [3.63, 3.8) is 0 Å². The number of hydrogen-bond donors (Lipinski definition) is 1. The van der Waals surface area contributed by atoms with Crippen LogP contribution in [0.3, 0.4) is 0 Å². The summed E-state index contributed by atoms with van der Waals surface area (Å²) in [5.41, 5.74) is 2.10. The topological polar surface area (TPSA) is 50.2 Å². The van der Waals surface area contributed by atoms with E-state index in [9.17, 15) is 4.79 Å². The Morgan fingerprint density at radius 1 is 1.42 bits per heavy atom. The molecule has 0 aliphatic carbocycles. The van der Waals surface area contributed by atoms with Crippen LogP contribution in [0.4, 0.5) is 5.95 Å². The molecule has 1 fully saturated rings. The van der Waals surface area contributed by atoms with E-state index in [1.54, 1.807) is 0 Å². The summed E-state index contributed by atoms with van der Waals surface area (Å²) in [5.74, 6) is 3.50. The van der Waals surface area contributed by atoms with Crippen LogP contribution in [0.2, 0.25) is 0 Å². The van der Waals surface area contributed by atoms with E-state index in [0.29, 0.717) is 6.54 Å². The molecule has 0 unspecified atom stereocenters. The molecule has 1 aliphatic heterocycles. The fourth-order valence-corrected chi connectivity index (χ4v) is 3.24. The Bertz CT molecular complexity index is 778. The van der Waals surface area contributed by atoms with E-state index < -0.39 is 0 Å². The van der Waals surface area contributed by atoms with Gasteiger partial charge in [-0.25, -0.2) is 4.98 Å². The molecule has 0 saturated carbocycles. The van der Waals surface area contributed by atoms with E-state index >= 15 is 0 Å². The van der Waals surface area contributed by atoms with Crippen molar-refractivity contribution in [3.8, 4) is 12.3 Å². The Balaban J connectivity index is 1.76. The number of anilines is 1. The van der Waals surface area contributed by atoms with Crippen LogP contribution in [0.25, 0.3) is 11.0 Å². The summed E-state index contributed by atoms with van der Waals surface area (Å²) in [4.78, 5) is 19.1. The predicted octanol–water partition coefficient (Wildman–Crippen LogP) is 2.19. The standard InChI is InChI=1S/C19H22N4O/c1-3-11-20-18(24)15-9-13-22(14-10-15)19-21-16-7-5-6-8-17(16)23(19)12-4-2/h1,4-8,15H,2,9-14H2,(H,20,24). The average Bonchev–Trinajstić information content (AvgIpc) is 2.99. The molecule has 3 rings (SSSR count). The summed E-state index contributed by atoms with van der Waals surface area (Å²) >= 11 is 0. The van der Waals surface area contributed by atoms with E-state index in [2.05, 4.69) is 33.3 Å². The molecule has 124 valence electrons. The van der Waals surface area contributed by atoms with Crippen molar-refractivity contribution >= 4 is 22.9 Å². The molecule has 1 aromatic heterocycles. The van der Waals surface area contributed by atoms with Crippen molar-refractivity contribution in [1.82, 2.24) is 14.9 Å². The predicted molar refractivity (Wildman–Crippen MR) is 96.7 cm³/mol. The molecule has 0 atom stereocenters. The zero-order valence-electron chi connectivity index (χ0n) is 13.7. The molecule has 1 N–H and O–H groups in total. The Kier molecular flexibility index (Phi) is 4.85. The van der Waals surface area contributed by atoms with Crippen molar-refractivity contribution < 1.29 is 4.79 Å². The number of rotatable bonds is 5. The second-order valence-corrected chi connectivity index (χ2v) is 5.98. The Labute approximate surface area is 142 Å². The highest BCUT2D eigenvalue weighted by Gasteiger charge is 2.27. The third kappa shape index (κ3) is 3.13. The molecule has 24 heavy (non-hydrogen) atoms. The van der Waals surface area contributed by atoms with Gasteiger partial charge in [0.05, 0.1) is 17.6 Å². The number of piperidine rings is 1. The maximum Gasteiger partial charge on any atom is 0.223 e. The number of fused-ring (bicyclic) bond motifs is 1. The first-order valence-electron chi connectivity index (χ1n) is 8.27.